The molecule has 21 heavy (non-hydrogen) atoms. The molecule has 0 aliphatic heterocycles. The van der Waals surface area contributed by atoms with E-state index in [1.807, 2.05) is 0 Å². The second-order valence-electron chi connectivity index (χ2n) is 4.13. The summed E-state index contributed by atoms with van der Waals surface area (Å²) in [6.45, 7) is -0.451. The number of methoxy groups -OCH3 is 2. The second kappa shape index (κ2) is 7.36. The molecule has 0 saturated carbocycles. The molecule has 1 atom stereocenters. The fourth-order valence-corrected chi connectivity index (χ4v) is 2.99. The average molecular weight is 319 g/mol. The quantitative estimate of drug-likeness (QED) is 0.600. The predicted octanol–water partition coefficient (Wildman–Crippen LogP) is -0.321. The van der Waals surface area contributed by atoms with Crippen LogP contribution in [0.4, 0.5) is 0 Å². The average Bonchev–Trinajstić information content (AvgIpc) is 2.45. The van der Waals surface area contributed by atoms with Gasteiger partial charge in [-0.15, -0.1) is 0 Å². The SMILES string of the molecule is COCC(CO)NS(=O)(=O)c1ccc(C(=O)O)cc1OC. The first-order chi connectivity index (χ1) is 9.85. The predicted molar refractivity (Wildman–Crippen MR) is 73.0 cm³/mol. The number of hydrogen-bond acceptors (Lipinski definition) is 6. The molecule has 1 aromatic carbocycles. The van der Waals surface area contributed by atoms with Gasteiger partial charge in [0.25, 0.3) is 0 Å². The van der Waals surface area contributed by atoms with E-state index < -0.39 is 28.6 Å². The molecule has 0 fully saturated rings. The Balaban J connectivity index is 3.15. The molecule has 1 rings (SSSR count). The van der Waals surface area contributed by atoms with Gasteiger partial charge in [-0.3, -0.25) is 0 Å². The number of sulfonamides is 1. The highest BCUT2D eigenvalue weighted by molar-refractivity contribution is 7.89. The molecule has 0 heterocycles. The van der Waals surface area contributed by atoms with Crippen LogP contribution in [0.5, 0.6) is 5.75 Å². The molecule has 0 aliphatic rings. The first-order valence-corrected chi connectivity index (χ1v) is 7.37. The smallest absolute Gasteiger partial charge is 0.335 e. The normalized spacial score (nSPS) is 12.9. The monoisotopic (exact) mass is 319 g/mol. The van der Waals surface area contributed by atoms with Crippen LogP contribution < -0.4 is 9.46 Å². The Morgan fingerprint density at radius 3 is 2.52 bits per heavy atom. The number of carbonyl (C=O) groups is 1. The van der Waals surface area contributed by atoms with Crippen molar-refractivity contribution in [3.8, 4) is 5.75 Å². The molecule has 1 aromatic rings. The molecule has 8 nitrogen and oxygen atoms in total. The summed E-state index contributed by atoms with van der Waals surface area (Å²) < 4.78 is 36.4. The number of aromatic carboxylic acids is 1. The van der Waals surface area contributed by atoms with Gasteiger partial charge in [-0.2, -0.15) is 0 Å². The summed E-state index contributed by atoms with van der Waals surface area (Å²) in [5.74, 6) is -1.30. The van der Waals surface area contributed by atoms with Crippen molar-refractivity contribution >= 4 is 16.0 Å². The summed E-state index contributed by atoms with van der Waals surface area (Å²) in [5.41, 5.74) is -0.0959. The molecule has 0 spiro atoms. The van der Waals surface area contributed by atoms with Crippen LogP contribution in [0.25, 0.3) is 0 Å². The van der Waals surface area contributed by atoms with E-state index in [0.717, 1.165) is 18.2 Å². The standard InChI is InChI=1S/C12H17NO7S/c1-19-7-9(6-14)13-21(17,18)11-4-3-8(12(15)16)5-10(11)20-2/h3-5,9,13-14H,6-7H2,1-2H3,(H,15,16). The van der Waals surface area contributed by atoms with E-state index in [1.54, 1.807) is 0 Å². The van der Waals surface area contributed by atoms with Crippen LogP contribution in [-0.4, -0.2) is 58.1 Å². The van der Waals surface area contributed by atoms with Crippen LogP contribution in [0.3, 0.4) is 0 Å². The van der Waals surface area contributed by atoms with Gasteiger partial charge in [0.1, 0.15) is 10.6 Å². The Kier molecular flexibility index (Phi) is 6.09. The van der Waals surface area contributed by atoms with Crippen molar-refractivity contribution in [1.82, 2.24) is 4.72 Å². The topological polar surface area (TPSA) is 122 Å². The number of aliphatic hydroxyl groups excluding tert-OH is 1. The number of hydrogen-bond donors (Lipinski definition) is 3. The van der Waals surface area contributed by atoms with E-state index >= 15 is 0 Å². The maximum absolute atomic E-state index is 12.2. The third-order valence-electron chi connectivity index (χ3n) is 2.61. The van der Waals surface area contributed by atoms with Gasteiger partial charge in [0, 0.05) is 7.11 Å². The van der Waals surface area contributed by atoms with Crippen LogP contribution in [0, 0.1) is 0 Å². The number of aliphatic hydroxyl groups is 1. The molecule has 3 N–H and O–H groups in total. The fraction of sp³-hybridized carbons (Fsp3) is 0.417. The van der Waals surface area contributed by atoms with Crippen LogP contribution in [-0.2, 0) is 14.8 Å². The Hall–Kier alpha value is -1.68. The van der Waals surface area contributed by atoms with Crippen molar-refractivity contribution in [1.29, 1.82) is 0 Å². The van der Waals surface area contributed by atoms with Gasteiger partial charge < -0.3 is 19.7 Å². The van der Waals surface area contributed by atoms with E-state index in [2.05, 4.69) is 4.72 Å². The molecular formula is C12H17NO7S. The zero-order valence-electron chi connectivity index (χ0n) is 11.6. The van der Waals surface area contributed by atoms with Crippen LogP contribution in [0.2, 0.25) is 0 Å². The molecule has 0 amide bonds. The molecule has 9 heteroatoms. The summed E-state index contributed by atoms with van der Waals surface area (Å²) in [7, 11) is -1.38. The molecule has 0 aromatic heterocycles. The minimum atomic E-state index is -3.99. The van der Waals surface area contributed by atoms with Crippen molar-refractivity contribution < 1.29 is 32.9 Å². The van der Waals surface area contributed by atoms with Gasteiger partial charge in [-0.05, 0) is 18.2 Å². The van der Waals surface area contributed by atoms with Crippen molar-refractivity contribution in [2.24, 2.45) is 0 Å². The zero-order chi connectivity index (χ0) is 16.0. The lowest BCUT2D eigenvalue weighted by Crippen LogP contribution is -2.40. The maximum Gasteiger partial charge on any atom is 0.335 e. The van der Waals surface area contributed by atoms with Crippen molar-refractivity contribution in [2.75, 3.05) is 27.4 Å². The highest BCUT2D eigenvalue weighted by atomic mass is 32.2. The molecule has 118 valence electrons. The van der Waals surface area contributed by atoms with Gasteiger partial charge in [-0.1, -0.05) is 0 Å². The Morgan fingerprint density at radius 1 is 1.38 bits per heavy atom. The number of benzene rings is 1. The third kappa shape index (κ3) is 4.39. The maximum atomic E-state index is 12.2. The highest BCUT2D eigenvalue weighted by Gasteiger charge is 2.24. The molecule has 0 radical (unpaired) electrons. The first kappa shape index (κ1) is 17.4. The lowest BCUT2D eigenvalue weighted by Gasteiger charge is -2.17. The van der Waals surface area contributed by atoms with Gasteiger partial charge in [0.2, 0.25) is 10.0 Å². The number of ether oxygens (including phenoxy) is 2. The highest BCUT2D eigenvalue weighted by Crippen LogP contribution is 2.25. The number of carboxylic acid groups (broad SMARTS) is 1. The summed E-state index contributed by atoms with van der Waals surface area (Å²) in [6, 6.07) is 2.58. The zero-order valence-corrected chi connectivity index (χ0v) is 12.4. The Labute approximate surface area is 122 Å². The summed E-state index contributed by atoms with van der Waals surface area (Å²) in [6.07, 6.45) is 0. The van der Waals surface area contributed by atoms with E-state index in [4.69, 9.17) is 19.7 Å². The molecule has 1 unspecified atom stereocenters. The van der Waals surface area contributed by atoms with Crippen molar-refractivity contribution in [3.63, 3.8) is 0 Å². The summed E-state index contributed by atoms with van der Waals surface area (Å²) >= 11 is 0. The lowest BCUT2D eigenvalue weighted by molar-refractivity contribution is 0.0696. The van der Waals surface area contributed by atoms with E-state index in [0.29, 0.717) is 0 Å². The molecule has 0 saturated heterocycles. The Bertz CT molecular complexity index is 600. The van der Waals surface area contributed by atoms with Crippen LogP contribution in [0.15, 0.2) is 23.1 Å². The first-order valence-electron chi connectivity index (χ1n) is 5.89. The summed E-state index contributed by atoms with van der Waals surface area (Å²) in [4.78, 5) is 10.7. The van der Waals surface area contributed by atoms with Crippen LogP contribution in [0.1, 0.15) is 10.4 Å². The number of carboxylic acids is 1. The molecule has 0 aliphatic carbocycles. The number of rotatable bonds is 8. The minimum Gasteiger partial charge on any atom is -0.495 e. The van der Waals surface area contributed by atoms with Crippen LogP contribution >= 0.6 is 0 Å². The lowest BCUT2D eigenvalue weighted by atomic mass is 10.2. The van der Waals surface area contributed by atoms with Crippen molar-refractivity contribution in [3.05, 3.63) is 23.8 Å². The second-order valence-corrected chi connectivity index (χ2v) is 5.81. The van der Waals surface area contributed by atoms with Gasteiger partial charge in [0.05, 0.1) is 31.9 Å². The van der Waals surface area contributed by atoms with Crippen molar-refractivity contribution in [2.45, 2.75) is 10.9 Å². The van der Waals surface area contributed by atoms with E-state index in [-0.39, 0.29) is 22.8 Å². The number of nitrogens with one attached hydrogen (secondary N) is 1. The summed E-state index contributed by atoms with van der Waals surface area (Å²) in [5, 5.41) is 18.0. The molecule has 0 bridgehead atoms. The Morgan fingerprint density at radius 2 is 2.05 bits per heavy atom. The van der Waals surface area contributed by atoms with Gasteiger partial charge >= 0.3 is 5.97 Å². The molecular weight excluding hydrogens is 302 g/mol. The van der Waals surface area contributed by atoms with E-state index in [9.17, 15) is 13.2 Å². The largest absolute Gasteiger partial charge is 0.495 e. The van der Waals surface area contributed by atoms with Gasteiger partial charge in [-0.25, -0.2) is 17.9 Å². The fourth-order valence-electron chi connectivity index (χ4n) is 1.63. The minimum absolute atomic E-state index is 0.00868. The third-order valence-corrected chi connectivity index (χ3v) is 4.17. The van der Waals surface area contributed by atoms with E-state index in [1.165, 1.54) is 14.2 Å². The van der Waals surface area contributed by atoms with Gasteiger partial charge in [0.15, 0.2) is 0 Å².